The van der Waals surface area contributed by atoms with Gasteiger partial charge in [0.1, 0.15) is 5.71 Å². The molecule has 1 aromatic heterocycles. The van der Waals surface area contributed by atoms with Crippen molar-refractivity contribution in [1.29, 1.82) is 0 Å². The maximum atomic E-state index is 13.6. The van der Waals surface area contributed by atoms with E-state index in [0.717, 1.165) is 10.8 Å². The maximum Gasteiger partial charge on any atom is 0.295 e. The fourth-order valence-corrected chi connectivity index (χ4v) is 3.58. The molecule has 0 saturated heterocycles. The number of benzene rings is 1. The van der Waals surface area contributed by atoms with Crippen LogP contribution < -0.4 is 5.32 Å². The predicted molar refractivity (Wildman–Crippen MR) is 112 cm³/mol. The number of hydrogen-bond acceptors (Lipinski definition) is 7. The minimum Gasteiger partial charge on any atom is -0.430 e. The molecule has 2 atom stereocenters. The molecule has 2 heterocycles. The van der Waals surface area contributed by atoms with Gasteiger partial charge < -0.3 is 19.6 Å². The van der Waals surface area contributed by atoms with Crippen molar-refractivity contribution < 1.29 is 28.3 Å². The Morgan fingerprint density at radius 2 is 2.16 bits per heavy atom. The van der Waals surface area contributed by atoms with E-state index in [2.05, 4.69) is 15.5 Å². The van der Waals surface area contributed by atoms with E-state index >= 15 is 0 Å². The van der Waals surface area contributed by atoms with Crippen LogP contribution in [0.2, 0.25) is 0 Å². The molecule has 2 aromatic rings. The third kappa shape index (κ3) is 4.36. The van der Waals surface area contributed by atoms with Gasteiger partial charge in [-0.05, 0) is 18.4 Å². The molecule has 1 aliphatic rings. The molecular formula is C22H26FN3O5. The second-order valence-electron chi connectivity index (χ2n) is 7.61. The first kappa shape index (κ1) is 22.6. The summed E-state index contributed by atoms with van der Waals surface area (Å²) in [5, 5.41) is 8.70. The first-order chi connectivity index (χ1) is 14.9. The van der Waals surface area contributed by atoms with Gasteiger partial charge in [-0.3, -0.25) is 14.6 Å². The molecule has 3 rings (SSSR count). The lowest BCUT2D eigenvalue weighted by Gasteiger charge is -2.32. The van der Waals surface area contributed by atoms with Crippen molar-refractivity contribution in [2.24, 2.45) is 11.1 Å². The van der Waals surface area contributed by atoms with Gasteiger partial charge in [0.25, 0.3) is 18.2 Å². The molecule has 9 heteroatoms. The molecule has 8 nitrogen and oxygen atoms in total. The Morgan fingerprint density at radius 1 is 1.39 bits per heavy atom. The molecule has 1 amide bonds. The SMILES string of the molecule is CCOC(CF)(CNC(=O)C1(C(C)C)CC(c2nccc3ccccc23)=NO1)OC=O. The minimum atomic E-state index is -1.89. The van der Waals surface area contributed by atoms with Crippen LogP contribution in [-0.2, 0) is 23.9 Å². The average molecular weight is 431 g/mol. The van der Waals surface area contributed by atoms with Crippen molar-refractivity contribution in [1.82, 2.24) is 10.3 Å². The molecule has 0 saturated carbocycles. The number of carbonyl (C=O) groups excluding carboxylic acids is 2. The predicted octanol–water partition coefficient (Wildman–Crippen LogP) is 2.75. The van der Waals surface area contributed by atoms with Crippen LogP contribution in [0.1, 0.15) is 32.9 Å². The number of ether oxygens (including phenoxy) is 2. The Balaban J connectivity index is 1.82. The number of aromatic nitrogens is 1. The average Bonchev–Trinajstić information content (AvgIpc) is 3.24. The van der Waals surface area contributed by atoms with Crippen molar-refractivity contribution in [3.05, 3.63) is 42.2 Å². The molecule has 166 valence electrons. The fourth-order valence-electron chi connectivity index (χ4n) is 3.58. The highest BCUT2D eigenvalue weighted by Gasteiger charge is 2.50. The zero-order valence-corrected chi connectivity index (χ0v) is 17.8. The van der Waals surface area contributed by atoms with Crippen LogP contribution in [0.25, 0.3) is 10.8 Å². The van der Waals surface area contributed by atoms with Gasteiger partial charge in [0.15, 0.2) is 6.67 Å². The number of amides is 1. The number of carbonyl (C=O) groups is 2. The van der Waals surface area contributed by atoms with Crippen LogP contribution in [0.3, 0.4) is 0 Å². The second-order valence-corrected chi connectivity index (χ2v) is 7.61. The Morgan fingerprint density at radius 3 is 2.84 bits per heavy atom. The Kier molecular flexibility index (Phi) is 6.84. The maximum absolute atomic E-state index is 13.6. The van der Waals surface area contributed by atoms with Gasteiger partial charge in [0, 0.05) is 30.5 Å². The number of fused-ring (bicyclic) bond motifs is 1. The number of rotatable bonds is 10. The molecule has 1 aliphatic heterocycles. The molecule has 1 aromatic carbocycles. The minimum absolute atomic E-state index is 0.0963. The second kappa shape index (κ2) is 9.38. The number of halogens is 1. The van der Waals surface area contributed by atoms with Gasteiger partial charge in [-0.25, -0.2) is 4.39 Å². The van der Waals surface area contributed by atoms with Gasteiger partial charge in [-0.2, -0.15) is 0 Å². The lowest BCUT2D eigenvalue weighted by atomic mass is 9.83. The van der Waals surface area contributed by atoms with Crippen molar-refractivity contribution in [2.75, 3.05) is 19.8 Å². The monoisotopic (exact) mass is 431 g/mol. The number of nitrogens with one attached hydrogen (secondary N) is 1. The summed E-state index contributed by atoms with van der Waals surface area (Å²) in [4.78, 5) is 34.1. The van der Waals surface area contributed by atoms with E-state index in [1.54, 1.807) is 13.1 Å². The number of nitrogens with zero attached hydrogens (tertiary/aromatic N) is 2. The largest absolute Gasteiger partial charge is 0.430 e. The van der Waals surface area contributed by atoms with E-state index < -0.39 is 24.0 Å². The quantitative estimate of drug-likeness (QED) is 0.459. The highest BCUT2D eigenvalue weighted by molar-refractivity contribution is 6.11. The summed E-state index contributed by atoms with van der Waals surface area (Å²) in [5.74, 6) is -2.65. The van der Waals surface area contributed by atoms with Gasteiger partial charge in [0.2, 0.25) is 5.60 Å². The summed E-state index contributed by atoms with van der Waals surface area (Å²) in [6, 6.07) is 9.64. The number of alkyl halides is 1. The van der Waals surface area contributed by atoms with Gasteiger partial charge in [0.05, 0.1) is 12.2 Å². The van der Waals surface area contributed by atoms with Crippen LogP contribution in [0, 0.1) is 5.92 Å². The van der Waals surface area contributed by atoms with E-state index in [9.17, 15) is 14.0 Å². The van der Waals surface area contributed by atoms with E-state index in [1.165, 1.54) is 0 Å². The first-order valence-electron chi connectivity index (χ1n) is 10.1. The molecule has 2 unspecified atom stereocenters. The van der Waals surface area contributed by atoms with E-state index in [0.29, 0.717) is 11.4 Å². The van der Waals surface area contributed by atoms with Crippen LogP contribution in [0.4, 0.5) is 4.39 Å². The lowest BCUT2D eigenvalue weighted by Crippen LogP contribution is -2.56. The van der Waals surface area contributed by atoms with E-state index in [4.69, 9.17) is 14.3 Å². The molecule has 0 spiro atoms. The third-order valence-corrected chi connectivity index (χ3v) is 5.40. The third-order valence-electron chi connectivity index (χ3n) is 5.40. The smallest absolute Gasteiger partial charge is 0.295 e. The fraction of sp³-hybridized carbons (Fsp3) is 0.455. The number of oxime groups is 1. The zero-order chi connectivity index (χ0) is 22.5. The Bertz CT molecular complexity index is 977. The highest BCUT2D eigenvalue weighted by Crippen LogP contribution is 2.35. The van der Waals surface area contributed by atoms with Crippen molar-refractivity contribution in [3.63, 3.8) is 0 Å². The molecule has 0 radical (unpaired) electrons. The van der Waals surface area contributed by atoms with Crippen LogP contribution in [0.15, 0.2) is 41.7 Å². The summed E-state index contributed by atoms with van der Waals surface area (Å²) in [7, 11) is 0. The normalized spacial score (nSPS) is 20.1. The highest BCUT2D eigenvalue weighted by atomic mass is 19.1. The number of pyridine rings is 1. The Hall–Kier alpha value is -3.07. The van der Waals surface area contributed by atoms with Crippen LogP contribution in [0.5, 0.6) is 0 Å². The Labute approximate surface area is 179 Å². The van der Waals surface area contributed by atoms with Crippen LogP contribution in [-0.4, -0.2) is 54.3 Å². The number of hydrogen-bond donors (Lipinski definition) is 1. The van der Waals surface area contributed by atoms with Crippen molar-refractivity contribution in [3.8, 4) is 0 Å². The summed E-state index contributed by atoms with van der Waals surface area (Å²) in [6.45, 7) is 4.01. The van der Waals surface area contributed by atoms with Gasteiger partial charge in [-0.15, -0.1) is 0 Å². The molecule has 0 aliphatic carbocycles. The molecule has 1 N–H and O–H groups in total. The van der Waals surface area contributed by atoms with Crippen LogP contribution >= 0.6 is 0 Å². The molecule has 0 fully saturated rings. The summed E-state index contributed by atoms with van der Waals surface area (Å²) >= 11 is 0. The summed E-state index contributed by atoms with van der Waals surface area (Å²) < 4.78 is 23.6. The van der Waals surface area contributed by atoms with Gasteiger partial charge in [-0.1, -0.05) is 43.3 Å². The van der Waals surface area contributed by atoms with E-state index in [1.807, 2.05) is 44.2 Å². The molecular weight excluding hydrogens is 405 g/mol. The first-order valence-corrected chi connectivity index (χ1v) is 10.1. The van der Waals surface area contributed by atoms with E-state index in [-0.39, 0.29) is 32.0 Å². The van der Waals surface area contributed by atoms with Crippen molar-refractivity contribution in [2.45, 2.75) is 38.6 Å². The standard InChI is InChI=1S/C22H26FN3O5/c1-4-29-21(12-23,30-14-27)13-25-20(28)22(15(2)3)11-18(26-31-22)19-17-8-6-5-7-16(17)9-10-24-19/h5-10,14-15H,4,11-13H2,1-3H3,(H,25,28). The lowest BCUT2D eigenvalue weighted by molar-refractivity contribution is -0.224. The van der Waals surface area contributed by atoms with Crippen molar-refractivity contribution >= 4 is 28.9 Å². The van der Waals surface area contributed by atoms with Gasteiger partial charge >= 0.3 is 0 Å². The summed E-state index contributed by atoms with van der Waals surface area (Å²) in [6.07, 6.45) is 1.87. The molecule has 0 bridgehead atoms. The molecule has 31 heavy (non-hydrogen) atoms. The topological polar surface area (TPSA) is 99.1 Å². The zero-order valence-electron chi connectivity index (χ0n) is 17.8. The summed E-state index contributed by atoms with van der Waals surface area (Å²) in [5.41, 5.74) is -0.125.